The van der Waals surface area contributed by atoms with E-state index in [0.717, 1.165) is 0 Å². The van der Waals surface area contributed by atoms with Crippen LogP contribution >= 0.6 is 0 Å². The van der Waals surface area contributed by atoms with E-state index in [1.54, 1.807) is 0 Å². The van der Waals surface area contributed by atoms with Gasteiger partial charge in [-0.2, -0.15) is 8.42 Å². The van der Waals surface area contributed by atoms with E-state index in [1.165, 1.54) is 7.11 Å². The Morgan fingerprint density at radius 3 is 2.47 bits per heavy atom. The van der Waals surface area contributed by atoms with E-state index >= 15 is 0 Å². The minimum absolute atomic E-state index is 0.0176. The third kappa shape index (κ3) is 4.93. The van der Waals surface area contributed by atoms with Crippen LogP contribution in [0.25, 0.3) is 0 Å². The maximum atomic E-state index is 10.6. The molecular formula is C6H11O9S2-. The number of methoxy groups -OCH3 is 1. The van der Waals surface area contributed by atoms with Crippen LogP contribution in [0.2, 0.25) is 0 Å². The third-order valence-electron chi connectivity index (χ3n) is 2.03. The fourth-order valence-electron chi connectivity index (χ4n) is 1.38. The molecular weight excluding hydrogens is 280 g/mol. The van der Waals surface area contributed by atoms with Crippen LogP contribution in [0.15, 0.2) is 0 Å². The molecule has 0 aromatic heterocycles. The van der Waals surface area contributed by atoms with Gasteiger partial charge in [-0.05, 0) is 0 Å². The summed E-state index contributed by atoms with van der Waals surface area (Å²) in [5.41, 5.74) is 0. The quantitative estimate of drug-likeness (QED) is 0.469. The van der Waals surface area contributed by atoms with Gasteiger partial charge in [-0.3, -0.25) is 8.74 Å². The van der Waals surface area contributed by atoms with Crippen molar-refractivity contribution >= 4 is 21.8 Å². The summed E-state index contributed by atoms with van der Waals surface area (Å²) in [5.74, 6) is 0. The average Bonchev–Trinajstić information content (AvgIpc) is 2.17. The van der Waals surface area contributed by atoms with Crippen molar-refractivity contribution in [3.63, 3.8) is 0 Å². The second kappa shape index (κ2) is 6.15. The lowest BCUT2D eigenvalue weighted by molar-refractivity contribution is -0.143. The number of rotatable bonds is 5. The molecule has 1 aliphatic heterocycles. The summed E-state index contributed by atoms with van der Waals surface area (Å²) < 4.78 is 69.1. The largest absolute Gasteiger partial charge is 0.750 e. The maximum Gasteiger partial charge on any atom is 0.397 e. The first-order valence-corrected chi connectivity index (χ1v) is 6.72. The Morgan fingerprint density at radius 1 is 1.41 bits per heavy atom. The Balaban J connectivity index is 2.80. The highest BCUT2D eigenvalue weighted by molar-refractivity contribution is 7.80. The van der Waals surface area contributed by atoms with Gasteiger partial charge in [0.1, 0.15) is 18.3 Å². The van der Waals surface area contributed by atoms with Crippen molar-refractivity contribution in [3.8, 4) is 0 Å². The second-order valence-electron chi connectivity index (χ2n) is 3.14. The number of ether oxygens (including phenoxy) is 2. The molecule has 17 heavy (non-hydrogen) atoms. The summed E-state index contributed by atoms with van der Waals surface area (Å²) in [4.78, 5) is 0. The van der Waals surface area contributed by atoms with Crippen molar-refractivity contribution in [2.75, 3.05) is 20.3 Å². The number of hydrogen-bond donors (Lipinski definition) is 1. The van der Waals surface area contributed by atoms with Gasteiger partial charge in [0.25, 0.3) is 0 Å². The molecule has 0 aromatic carbocycles. The molecule has 9 nitrogen and oxygen atoms in total. The zero-order valence-electron chi connectivity index (χ0n) is 8.68. The fraction of sp³-hybridized carbons (Fsp3) is 1.00. The molecule has 1 rings (SSSR count). The summed E-state index contributed by atoms with van der Waals surface area (Å²) >= 11 is -2.88. The van der Waals surface area contributed by atoms with E-state index in [2.05, 4.69) is 8.37 Å². The van der Waals surface area contributed by atoms with Crippen molar-refractivity contribution in [2.45, 2.75) is 18.3 Å². The van der Waals surface area contributed by atoms with E-state index in [0.29, 0.717) is 0 Å². The van der Waals surface area contributed by atoms with Crippen LogP contribution in [-0.4, -0.2) is 60.4 Å². The second-order valence-corrected chi connectivity index (χ2v) is 4.79. The summed E-state index contributed by atoms with van der Waals surface area (Å²) in [7, 11) is -3.47. The van der Waals surface area contributed by atoms with Gasteiger partial charge in [0.15, 0.2) is 0 Å². The third-order valence-corrected chi connectivity index (χ3v) is 2.90. The Hall–Kier alpha value is -0.140. The predicted octanol–water partition coefficient (Wildman–Crippen LogP) is -1.60. The van der Waals surface area contributed by atoms with Gasteiger partial charge in [-0.15, -0.1) is 0 Å². The average molecular weight is 291 g/mol. The SMILES string of the molecule is COC1COCC(OS(=O)(=O)O)C1OS(=O)[O-]. The molecule has 0 bridgehead atoms. The van der Waals surface area contributed by atoms with Crippen LogP contribution in [0.1, 0.15) is 0 Å². The van der Waals surface area contributed by atoms with Gasteiger partial charge in [0.2, 0.25) is 0 Å². The minimum Gasteiger partial charge on any atom is -0.750 e. The van der Waals surface area contributed by atoms with Gasteiger partial charge >= 0.3 is 10.4 Å². The maximum absolute atomic E-state index is 10.6. The van der Waals surface area contributed by atoms with Crippen molar-refractivity contribution in [2.24, 2.45) is 0 Å². The molecule has 4 unspecified atom stereocenters. The first kappa shape index (κ1) is 14.9. The van der Waals surface area contributed by atoms with Crippen molar-refractivity contribution in [1.82, 2.24) is 0 Å². The molecule has 0 spiro atoms. The van der Waals surface area contributed by atoms with Crippen molar-refractivity contribution in [3.05, 3.63) is 0 Å². The zero-order chi connectivity index (χ0) is 13.1. The zero-order valence-corrected chi connectivity index (χ0v) is 10.3. The Labute approximate surface area is 100 Å². The van der Waals surface area contributed by atoms with Gasteiger partial charge < -0.3 is 14.0 Å². The monoisotopic (exact) mass is 291 g/mol. The first-order chi connectivity index (χ1) is 7.83. The highest BCUT2D eigenvalue weighted by Crippen LogP contribution is 2.20. The molecule has 0 saturated carbocycles. The van der Waals surface area contributed by atoms with Crippen LogP contribution in [0.5, 0.6) is 0 Å². The van der Waals surface area contributed by atoms with E-state index in [-0.39, 0.29) is 13.2 Å². The first-order valence-electron chi connectivity index (χ1n) is 4.36. The molecule has 11 heteroatoms. The molecule has 1 fully saturated rings. The lowest BCUT2D eigenvalue weighted by Gasteiger charge is -2.35. The van der Waals surface area contributed by atoms with Gasteiger partial charge in [0, 0.05) is 7.11 Å². The van der Waals surface area contributed by atoms with Crippen molar-refractivity contribution < 1.29 is 39.6 Å². The Morgan fingerprint density at radius 2 is 2.00 bits per heavy atom. The molecule has 1 heterocycles. The van der Waals surface area contributed by atoms with E-state index in [9.17, 15) is 17.2 Å². The minimum atomic E-state index is -4.74. The van der Waals surface area contributed by atoms with Crippen molar-refractivity contribution in [1.29, 1.82) is 0 Å². The summed E-state index contributed by atoms with van der Waals surface area (Å²) in [6.45, 7) is -0.231. The highest BCUT2D eigenvalue weighted by Gasteiger charge is 2.39. The lowest BCUT2D eigenvalue weighted by atomic mass is 10.1. The topological polar surface area (TPSA) is 131 Å². The predicted molar refractivity (Wildman–Crippen MR) is 51.8 cm³/mol. The molecule has 1 N–H and O–H groups in total. The van der Waals surface area contributed by atoms with E-state index in [1.807, 2.05) is 0 Å². The van der Waals surface area contributed by atoms with Gasteiger partial charge in [0.05, 0.1) is 24.6 Å². The lowest BCUT2D eigenvalue weighted by Crippen LogP contribution is -2.52. The Bertz CT molecular complexity index is 366. The normalized spacial score (nSPS) is 32.3. The summed E-state index contributed by atoms with van der Waals surface area (Å²) in [6, 6.07) is 0. The molecule has 1 saturated heterocycles. The van der Waals surface area contributed by atoms with Crippen LogP contribution in [0.3, 0.4) is 0 Å². The summed E-state index contributed by atoms with van der Waals surface area (Å²) in [6.07, 6.45) is -3.34. The van der Waals surface area contributed by atoms with Crippen LogP contribution in [0, 0.1) is 0 Å². The van der Waals surface area contributed by atoms with Crippen LogP contribution in [-0.2, 0) is 39.6 Å². The molecule has 0 amide bonds. The van der Waals surface area contributed by atoms with E-state index < -0.39 is 40.1 Å². The van der Waals surface area contributed by atoms with Gasteiger partial charge in [-0.25, -0.2) is 8.39 Å². The molecule has 0 radical (unpaired) electrons. The number of hydrogen-bond acceptors (Lipinski definition) is 8. The fourth-order valence-corrected chi connectivity index (χ4v) is 2.29. The molecule has 0 aliphatic carbocycles. The smallest absolute Gasteiger partial charge is 0.397 e. The van der Waals surface area contributed by atoms with E-state index in [4.69, 9.17) is 14.0 Å². The standard InChI is InChI=1S/C6H12O9S2/c1-12-4-2-13-3-5(15-17(9,10)11)6(4)14-16(7)8/h4-6H,2-3H2,1H3,(H,7,8)(H,9,10,11)/p-1. The molecule has 1 aliphatic rings. The van der Waals surface area contributed by atoms with Crippen LogP contribution < -0.4 is 0 Å². The molecule has 102 valence electrons. The summed E-state index contributed by atoms with van der Waals surface area (Å²) in [5, 5.41) is 0. The molecule has 0 aromatic rings. The van der Waals surface area contributed by atoms with Crippen LogP contribution in [0.4, 0.5) is 0 Å². The molecule has 4 atom stereocenters. The Kier molecular flexibility index (Phi) is 5.40. The van der Waals surface area contributed by atoms with Gasteiger partial charge in [-0.1, -0.05) is 0 Å². The highest BCUT2D eigenvalue weighted by atomic mass is 32.3.